The Balaban J connectivity index is 1.05. The number of piperazine rings is 1. The van der Waals surface area contributed by atoms with Crippen LogP contribution < -0.4 is 29.6 Å². The van der Waals surface area contributed by atoms with Crippen molar-refractivity contribution in [2.45, 2.75) is 6.10 Å². The van der Waals surface area contributed by atoms with E-state index >= 15 is 0 Å². The lowest BCUT2D eigenvalue weighted by Gasteiger charge is -2.36. The fraction of sp³-hybridized carbons (Fsp3) is 0.375. The second-order valence-electron chi connectivity index (χ2n) is 8.33. The van der Waals surface area contributed by atoms with E-state index in [0.717, 1.165) is 0 Å². The maximum absolute atomic E-state index is 12.9. The van der Waals surface area contributed by atoms with Crippen molar-refractivity contribution in [3.05, 3.63) is 42.5 Å². The fourth-order valence-electron chi connectivity index (χ4n) is 4.12. The van der Waals surface area contributed by atoms with Gasteiger partial charge in [0.05, 0.1) is 6.54 Å². The minimum atomic E-state index is -0.691. The minimum Gasteiger partial charge on any atom is -0.486 e. The van der Waals surface area contributed by atoms with Gasteiger partial charge in [-0.05, 0) is 24.3 Å². The second-order valence-corrected chi connectivity index (χ2v) is 8.33. The molecule has 0 saturated carbocycles. The molecule has 1 fully saturated rings. The molecule has 0 aromatic heterocycles. The van der Waals surface area contributed by atoms with Crippen LogP contribution in [0.25, 0.3) is 0 Å². The van der Waals surface area contributed by atoms with Gasteiger partial charge in [-0.25, -0.2) is 4.79 Å². The van der Waals surface area contributed by atoms with Gasteiger partial charge in [0.2, 0.25) is 12.0 Å². The number of hydrogen-bond acceptors (Lipinski definition) is 8. The number of hydrogen-bond donors (Lipinski definition) is 2. The summed E-state index contributed by atoms with van der Waals surface area (Å²) in [5.41, 5.74) is 0.489. The van der Waals surface area contributed by atoms with Gasteiger partial charge in [-0.15, -0.1) is 0 Å². The summed E-state index contributed by atoms with van der Waals surface area (Å²) in [7, 11) is 0. The summed E-state index contributed by atoms with van der Waals surface area (Å²) in [5, 5.41) is 4.95. The molecule has 2 N–H and O–H groups in total. The molecule has 35 heavy (non-hydrogen) atoms. The van der Waals surface area contributed by atoms with Crippen molar-refractivity contribution in [2.75, 3.05) is 57.9 Å². The first-order chi connectivity index (χ1) is 17.0. The third-order valence-electron chi connectivity index (χ3n) is 5.89. The molecule has 0 bridgehead atoms. The van der Waals surface area contributed by atoms with E-state index in [-0.39, 0.29) is 19.1 Å². The van der Waals surface area contributed by atoms with Crippen LogP contribution in [0.3, 0.4) is 0 Å². The molecule has 1 saturated heterocycles. The number of imide groups is 1. The van der Waals surface area contributed by atoms with Gasteiger partial charge in [0.1, 0.15) is 19.8 Å². The maximum Gasteiger partial charge on any atom is 0.325 e. The number of benzene rings is 2. The van der Waals surface area contributed by atoms with Crippen LogP contribution in [-0.2, 0) is 9.59 Å². The molecule has 2 aromatic rings. The summed E-state index contributed by atoms with van der Waals surface area (Å²) >= 11 is 0. The third kappa shape index (κ3) is 5.40. The van der Waals surface area contributed by atoms with Gasteiger partial charge in [-0.2, -0.15) is 0 Å². The second kappa shape index (κ2) is 10.1. The summed E-state index contributed by atoms with van der Waals surface area (Å²) in [5.74, 6) is 1.78. The zero-order chi connectivity index (χ0) is 24.2. The molecule has 0 aliphatic carbocycles. The van der Waals surface area contributed by atoms with Gasteiger partial charge >= 0.3 is 6.03 Å². The lowest BCUT2D eigenvalue weighted by atomic mass is 10.2. The number of urea groups is 1. The Bertz CT molecular complexity index is 1120. The molecule has 184 valence electrons. The average molecular weight is 482 g/mol. The largest absolute Gasteiger partial charge is 0.486 e. The predicted molar refractivity (Wildman–Crippen MR) is 124 cm³/mol. The zero-order valence-electron chi connectivity index (χ0n) is 19.0. The third-order valence-corrected chi connectivity index (χ3v) is 5.89. The Labute approximate surface area is 201 Å². The van der Waals surface area contributed by atoms with Crippen molar-refractivity contribution in [2.24, 2.45) is 0 Å². The van der Waals surface area contributed by atoms with E-state index in [0.29, 0.717) is 68.1 Å². The Kier molecular flexibility index (Phi) is 6.57. The van der Waals surface area contributed by atoms with Crippen LogP contribution >= 0.6 is 0 Å². The van der Waals surface area contributed by atoms with Crippen LogP contribution in [0.4, 0.5) is 10.5 Å². The van der Waals surface area contributed by atoms with Crippen LogP contribution in [0.2, 0.25) is 0 Å². The lowest BCUT2D eigenvalue weighted by molar-refractivity contribution is -0.143. The molecule has 4 amide bonds. The summed E-state index contributed by atoms with van der Waals surface area (Å²) in [4.78, 5) is 41.0. The van der Waals surface area contributed by atoms with Crippen LogP contribution in [0.15, 0.2) is 42.5 Å². The van der Waals surface area contributed by atoms with E-state index in [1.165, 1.54) is 0 Å². The highest BCUT2D eigenvalue weighted by Crippen LogP contribution is 2.33. The lowest BCUT2D eigenvalue weighted by Crippen LogP contribution is -2.55. The van der Waals surface area contributed by atoms with Crippen molar-refractivity contribution < 1.29 is 33.3 Å². The van der Waals surface area contributed by atoms with Crippen LogP contribution in [0, 0.1) is 0 Å². The van der Waals surface area contributed by atoms with Gasteiger partial charge in [0, 0.05) is 37.9 Å². The molecular weight excluding hydrogens is 456 g/mol. The van der Waals surface area contributed by atoms with E-state index in [2.05, 4.69) is 10.6 Å². The Morgan fingerprint density at radius 2 is 1.57 bits per heavy atom. The summed E-state index contributed by atoms with van der Waals surface area (Å²) in [6.45, 7) is 3.06. The van der Waals surface area contributed by atoms with Gasteiger partial charge < -0.3 is 29.2 Å². The van der Waals surface area contributed by atoms with Crippen LogP contribution in [0.5, 0.6) is 23.0 Å². The normalized spacial score (nSPS) is 19.0. The number of nitrogens with one attached hydrogen (secondary N) is 2. The molecule has 11 heteroatoms. The standard InChI is InChI=1S/C24H26N4O7/c29-22(26-24(31)25-16-5-6-18-20(13-16)33-12-11-32-18)14-27-7-9-28(10-8-27)23(30)21-15-34-17-3-1-2-4-19(17)35-21/h1-6,13,21H,7-12,14-15H2,(H2,25,26,29,31). The molecule has 5 rings (SSSR count). The Morgan fingerprint density at radius 3 is 2.37 bits per heavy atom. The van der Waals surface area contributed by atoms with Crippen molar-refractivity contribution in [3.63, 3.8) is 0 Å². The number of rotatable bonds is 4. The topological polar surface area (TPSA) is 119 Å². The molecule has 11 nitrogen and oxygen atoms in total. The highest BCUT2D eigenvalue weighted by Gasteiger charge is 2.33. The van der Waals surface area contributed by atoms with Crippen LogP contribution in [-0.4, -0.2) is 86.3 Å². The highest BCUT2D eigenvalue weighted by atomic mass is 16.6. The molecule has 1 unspecified atom stereocenters. The molecule has 3 aliphatic rings. The molecular formula is C24H26N4O7. The Hall–Kier alpha value is -3.99. The van der Waals surface area contributed by atoms with Crippen molar-refractivity contribution in [1.82, 2.24) is 15.1 Å². The number of amides is 4. The maximum atomic E-state index is 12.9. The van der Waals surface area contributed by atoms with Crippen molar-refractivity contribution in [3.8, 4) is 23.0 Å². The molecule has 3 heterocycles. The van der Waals surface area contributed by atoms with Gasteiger partial charge in [-0.1, -0.05) is 12.1 Å². The van der Waals surface area contributed by atoms with Crippen molar-refractivity contribution in [1.29, 1.82) is 0 Å². The molecule has 3 aliphatic heterocycles. The van der Waals surface area contributed by atoms with Gasteiger partial charge in [-0.3, -0.25) is 19.8 Å². The van der Waals surface area contributed by atoms with Crippen molar-refractivity contribution >= 4 is 23.5 Å². The summed E-state index contributed by atoms with van der Waals surface area (Å²) in [6, 6.07) is 11.6. The van der Waals surface area contributed by atoms with Gasteiger partial charge in [0.15, 0.2) is 23.0 Å². The number of nitrogens with zero attached hydrogens (tertiary/aromatic N) is 2. The van der Waals surface area contributed by atoms with Crippen LogP contribution in [0.1, 0.15) is 0 Å². The first-order valence-electron chi connectivity index (χ1n) is 11.5. The average Bonchev–Trinajstić information content (AvgIpc) is 2.88. The monoisotopic (exact) mass is 482 g/mol. The highest BCUT2D eigenvalue weighted by molar-refractivity contribution is 6.01. The predicted octanol–water partition coefficient (Wildman–Crippen LogP) is 1.09. The van der Waals surface area contributed by atoms with E-state index in [9.17, 15) is 14.4 Å². The summed E-state index contributed by atoms with van der Waals surface area (Å²) < 4.78 is 22.4. The number of carbonyl (C=O) groups excluding carboxylic acids is 3. The molecule has 1 atom stereocenters. The number of ether oxygens (including phenoxy) is 4. The van der Waals surface area contributed by atoms with E-state index < -0.39 is 18.0 Å². The van der Waals surface area contributed by atoms with E-state index in [1.807, 2.05) is 17.0 Å². The number of anilines is 1. The Morgan fingerprint density at radius 1 is 0.857 bits per heavy atom. The first kappa shape index (κ1) is 22.8. The first-order valence-corrected chi connectivity index (χ1v) is 11.5. The number of para-hydroxylation sites is 2. The number of carbonyl (C=O) groups is 3. The summed E-state index contributed by atoms with van der Waals surface area (Å²) in [6.07, 6.45) is -0.691. The zero-order valence-corrected chi connectivity index (χ0v) is 19.0. The fourth-order valence-corrected chi connectivity index (χ4v) is 4.12. The molecule has 0 spiro atoms. The number of fused-ring (bicyclic) bond motifs is 2. The van der Waals surface area contributed by atoms with Gasteiger partial charge in [0.25, 0.3) is 5.91 Å². The SMILES string of the molecule is O=C(CN1CCN(C(=O)C2COc3ccccc3O2)CC1)NC(=O)Nc1ccc2c(c1)OCCO2. The molecule has 0 radical (unpaired) electrons. The smallest absolute Gasteiger partial charge is 0.325 e. The molecule has 2 aromatic carbocycles. The minimum absolute atomic E-state index is 0.0486. The quantitative estimate of drug-likeness (QED) is 0.665. The van der Waals surface area contributed by atoms with E-state index in [4.69, 9.17) is 18.9 Å². The van der Waals surface area contributed by atoms with E-state index in [1.54, 1.807) is 35.2 Å².